The number of carbonyl (C=O) groups excluding carboxylic acids is 3. The van der Waals surface area contributed by atoms with E-state index in [9.17, 15) is 28.9 Å². The highest BCUT2D eigenvalue weighted by atomic mass is 31.2. The number of carbonyl (C=O) groups is 3. The highest BCUT2D eigenvalue weighted by Crippen LogP contribution is 2.43. The number of phosphoric ester groups is 1. The van der Waals surface area contributed by atoms with Gasteiger partial charge >= 0.3 is 25.7 Å². The molecular weight excluding hydrogens is 1000 g/mol. The molecule has 12 heteroatoms. The summed E-state index contributed by atoms with van der Waals surface area (Å²) < 4.78 is 39.7. The molecule has 0 saturated heterocycles. The maximum atomic E-state index is 13.0. The van der Waals surface area contributed by atoms with Crippen LogP contribution in [0.3, 0.4) is 0 Å². The van der Waals surface area contributed by atoms with Crippen molar-refractivity contribution in [2.45, 2.75) is 328 Å². The molecule has 0 fully saturated rings. The molecule has 3 unspecified atom stereocenters. The Kier molecular flexibility index (Phi) is 58.5. The van der Waals surface area contributed by atoms with Gasteiger partial charge in [0.1, 0.15) is 12.7 Å². The molecule has 0 spiro atoms. The molecule has 0 aromatic rings. The van der Waals surface area contributed by atoms with Crippen LogP contribution in [0, 0.1) is 0 Å². The largest absolute Gasteiger partial charge is 0.472 e. The van der Waals surface area contributed by atoms with E-state index in [0.29, 0.717) is 19.3 Å². The zero-order valence-corrected chi connectivity index (χ0v) is 51.5. The lowest BCUT2D eigenvalue weighted by Crippen LogP contribution is -2.30. The number of unbranched alkanes of at least 4 members (excludes halogenated alkanes) is 36. The first-order valence-corrected chi connectivity index (χ1v) is 34.0. The highest BCUT2D eigenvalue weighted by molar-refractivity contribution is 7.47. The molecule has 0 aliphatic carbocycles. The summed E-state index contributed by atoms with van der Waals surface area (Å²) >= 11 is 0. The number of aliphatic hydroxyl groups excluding tert-OH is 1. The number of hydrogen-bond donors (Lipinski definition) is 2. The average Bonchev–Trinajstić information content (AvgIpc) is 3.43. The molecule has 0 heterocycles. The zero-order valence-electron chi connectivity index (χ0n) is 50.6. The number of rotatable bonds is 61. The molecule has 0 aromatic heterocycles. The molecule has 0 radical (unpaired) electrons. The van der Waals surface area contributed by atoms with E-state index in [2.05, 4.69) is 69.4 Å². The summed E-state index contributed by atoms with van der Waals surface area (Å²) in [5.41, 5.74) is 0. The van der Waals surface area contributed by atoms with Crippen LogP contribution in [0.25, 0.3) is 0 Å². The van der Waals surface area contributed by atoms with Crippen LogP contribution in [0.1, 0.15) is 316 Å². The Hall–Kier alpha value is -2.56. The van der Waals surface area contributed by atoms with Crippen molar-refractivity contribution in [1.29, 1.82) is 0 Å². The maximum absolute atomic E-state index is 13.0. The van der Waals surface area contributed by atoms with Gasteiger partial charge in [-0.2, -0.15) is 0 Å². The Morgan fingerprint density at radius 3 is 0.987 bits per heavy atom. The van der Waals surface area contributed by atoms with Crippen molar-refractivity contribution in [3.8, 4) is 0 Å². The second-order valence-electron chi connectivity index (χ2n) is 21.9. The molecule has 78 heavy (non-hydrogen) atoms. The van der Waals surface area contributed by atoms with Gasteiger partial charge in [-0.25, -0.2) is 4.57 Å². The maximum Gasteiger partial charge on any atom is 0.472 e. The second kappa shape index (κ2) is 60.5. The Morgan fingerprint density at radius 2 is 0.628 bits per heavy atom. The predicted molar refractivity (Wildman–Crippen MR) is 325 cm³/mol. The van der Waals surface area contributed by atoms with Crippen LogP contribution in [0.4, 0.5) is 0 Å². The number of hydrogen-bond acceptors (Lipinski definition) is 10. The molecule has 0 aliphatic rings. The van der Waals surface area contributed by atoms with Crippen molar-refractivity contribution in [2.75, 3.05) is 26.4 Å². The van der Waals surface area contributed by atoms with Crippen LogP contribution in [-0.2, 0) is 42.2 Å². The molecular formula is C66H121O11P. The monoisotopic (exact) mass is 1120 g/mol. The summed E-state index contributed by atoms with van der Waals surface area (Å²) in [6.45, 7) is 4.65. The van der Waals surface area contributed by atoms with Gasteiger partial charge in [0.25, 0.3) is 0 Å². The predicted octanol–water partition coefficient (Wildman–Crippen LogP) is 19.7. The fourth-order valence-electron chi connectivity index (χ4n) is 9.20. The van der Waals surface area contributed by atoms with E-state index in [4.69, 9.17) is 23.3 Å². The molecule has 0 aromatic carbocycles. The van der Waals surface area contributed by atoms with Gasteiger partial charge in [-0.15, -0.1) is 0 Å². The number of ether oxygens (including phenoxy) is 3. The van der Waals surface area contributed by atoms with Crippen molar-refractivity contribution < 1.29 is 52.2 Å². The van der Waals surface area contributed by atoms with Gasteiger partial charge in [0.05, 0.1) is 19.8 Å². The van der Waals surface area contributed by atoms with Crippen molar-refractivity contribution in [3.05, 3.63) is 48.6 Å². The summed E-state index contributed by atoms with van der Waals surface area (Å²) in [5, 5.41) is 9.85. The summed E-state index contributed by atoms with van der Waals surface area (Å²) in [4.78, 5) is 48.7. The van der Waals surface area contributed by atoms with Gasteiger partial charge in [0.15, 0.2) is 6.10 Å². The van der Waals surface area contributed by atoms with Crippen LogP contribution < -0.4 is 0 Å². The fraction of sp³-hybridized carbons (Fsp3) is 0.833. The van der Waals surface area contributed by atoms with Crippen LogP contribution in [0.15, 0.2) is 48.6 Å². The third-order valence-corrected chi connectivity index (χ3v) is 15.1. The number of aliphatic hydroxyl groups is 1. The van der Waals surface area contributed by atoms with E-state index in [1.807, 2.05) is 0 Å². The van der Waals surface area contributed by atoms with Crippen molar-refractivity contribution in [2.24, 2.45) is 0 Å². The molecule has 0 aliphatic heterocycles. The first-order valence-electron chi connectivity index (χ1n) is 32.5. The third kappa shape index (κ3) is 58.1. The van der Waals surface area contributed by atoms with Crippen molar-refractivity contribution in [1.82, 2.24) is 0 Å². The Labute approximate surface area is 479 Å². The lowest BCUT2D eigenvalue weighted by Gasteiger charge is -2.21. The van der Waals surface area contributed by atoms with Crippen molar-refractivity contribution >= 4 is 25.7 Å². The van der Waals surface area contributed by atoms with E-state index >= 15 is 0 Å². The standard InChI is InChI=1S/C66H121O11P/c1-4-7-10-13-16-19-22-25-28-30-31-33-36-39-42-45-48-51-54-57-66(70)77-63(59-73-64(68)55-52-49-46-43-40-37-35-32-29-26-23-20-17-14-11-8-5-2)61-75-78(71,72)74-60-62(58-67)76-65(69)56-53-50-47-44-41-38-34-27-24-21-18-15-12-9-6-3/h17,20,25-29,34,62-63,67H,4-16,18-19,21-24,30-33,35-61H2,1-3H3,(H,71,72)/b20-17-,28-25-,29-26-,34-27-. The molecule has 11 nitrogen and oxygen atoms in total. The second-order valence-corrected chi connectivity index (χ2v) is 23.4. The minimum Gasteiger partial charge on any atom is -0.462 e. The number of allylic oxidation sites excluding steroid dienone is 8. The normalized spacial score (nSPS) is 13.6. The summed E-state index contributed by atoms with van der Waals surface area (Å²) in [6, 6.07) is 0. The molecule has 0 saturated carbocycles. The Morgan fingerprint density at radius 1 is 0.359 bits per heavy atom. The third-order valence-electron chi connectivity index (χ3n) is 14.2. The van der Waals surface area contributed by atoms with Crippen LogP contribution in [0.5, 0.6) is 0 Å². The number of esters is 3. The van der Waals surface area contributed by atoms with Crippen LogP contribution >= 0.6 is 7.82 Å². The van der Waals surface area contributed by atoms with Gasteiger partial charge in [-0.3, -0.25) is 23.4 Å². The minimum absolute atomic E-state index is 0.165. The van der Waals surface area contributed by atoms with E-state index < -0.39 is 57.8 Å². The van der Waals surface area contributed by atoms with Gasteiger partial charge in [-0.05, 0) is 103 Å². The van der Waals surface area contributed by atoms with E-state index in [0.717, 1.165) is 89.9 Å². The summed E-state index contributed by atoms with van der Waals surface area (Å²) in [5.74, 6) is -1.46. The highest BCUT2D eigenvalue weighted by Gasteiger charge is 2.28. The van der Waals surface area contributed by atoms with Crippen molar-refractivity contribution in [3.63, 3.8) is 0 Å². The summed E-state index contributed by atoms with van der Waals surface area (Å²) in [6.07, 6.45) is 66.3. The summed E-state index contributed by atoms with van der Waals surface area (Å²) in [7, 11) is -4.75. The van der Waals surface area contributed by atoms with Crippen LogP contribution in [0.2, 0.25) is 0 Å². The lowest BCUT2D eigenvalue weighted by atomic mass is 10.1. The zero-order chi connectivity index (χ0) is 56.9. The first-order chi connectivity index (χ1) is 38.2. The minimum atomic E-state index is -4.75. The molecule has 456 valence electrons. The molecule has 0 rings (SSSR count). The molecule has 0 bridgehead atoms. The Bertz CT molecular complexity index is 1490. The first kappa shape index (κ1) is 75.4. The molecule has 0 amide bonds. The van der Waals surface area contributed by atoms with Crippen LogP contribution in [-0.4, -0.2) is 66.5 Å². The van der Waals surface area contributed by atoms with E-state index in [1.165, 1.54) is 167 Å². The van der Waals surface area contributed by atoms with Gasteiger partial charge in [-0.1, -0.05) is 243 Å². The van der Waals surface area contributed by atoms with Gasteiger partial charge < -0.3 is 24.2 Å². The molecule has 3 atom stereocenters. The number of phosphoric acid groups is 1. The quantitative estimate of drug-likeness (QED) is 0.0197. The smallest absolute Gasteiger partial charge is 0.462 e. The fourth-order valence-corrected chi connectivity index (χ4v) is 9.99. The van der Waals surface area contributed by atoms with Gasteiger partial charge in [0, 0.05) is 19.3 Å². The topological polar surface area (TPSA) is 155 Å². The Balaban J connectivity index is 4.70. The van der Waals surface area contributed by atoms with E-state index in [1.54, 1.807) is 0 Å². The lowest BCUT2D eigenvalue weighted by molar-refractivity contribution is -0.161. The average molecular weight is 1120 g/mol. The van der Waals surface area contributed by atoms with Gasteiger partial charge in [0.2, 0.25) is 0 Å². The SMILES string of the molecule is CCCCC/C=C\C/C=C\CCCCCCCCCC(=O)OCC(COP(=O)(O)OCC(CO)OC(=O)CCCCCCC/C=C\CCCCCCCC)OC(=O)CCCCCCCCCCC/C=C\CCCCCCCC. The van der Waals surface area contributed by atoms with E-state index in [-0.39, 0.29) is 25.9 Å². The molecule has 2 N–H and O–H groups in total.